The number of hydrogen-bond donors (Lipinski definition) is 3. The third kappa shape index (κ3) is 5.24. The molecule has 0 aliphatic rings. The average molecular weight is 398 g/mol. The molecule has 2 aromatic heterocycles. The quantitative estimate of drug-likeness (QED) is 0.560. The van der Waals surface area contributed by atoms with E-state index in [1.807, 2.05) is 0 Å². The predicted octanol–water partition coefficient (Wildman–Crippen LogP) is 2.82. The van der Waals surface area contributed by atoms with Gasteiger partial charge in [-0.3, -0.25) is 9.59 Å². The molecule has 9 nitrogen and oxygen atoms in total. The summed E-state index contributed by atoms with van der Waals surface area (Å²) in [7, 11) is 1.51. The van der Waals surface area contributed by atoms with Crippen LogP contribution in [0.4, 0.5) is 22.5 Å². The van der Waals surface area contributed by atoms with Gasteiger partial charge < -0.3 is 20.7 Å². The second kappa shape index (κ2) is 8.91. The van der Waals surface area contributed by atoms with Crippen LogP contribution in [0.1, 0.15) is 12.6 Å². The summed E-state index contributed by atoms with van der Waals surface area (Å²) in [4.78, 5) is 36.1. The molecule has 0 spiro atoms. The Bertz CT molecular complexity index is 976. The van der Waals surface area contributed by atoms with Gasteiger partial charge in [-0.2, -0.15) is 0 Å². The van der Waals surface area contributed by atoms with E-state index in [1.165, 1.54) is 25.4 Å². The second-order valence-corrected chi connectivity index (χ2v) is 6.52. The number of methoxy groups -OCH3 is 1. The molecule has 3 aromatic rings. The van der Waals surface area contributed by atoms with Crippen molar-refractivity contribution in [3.63, 3.8) is 0 Å². The third-order valence-electron chi connectivity index (χ3n) is 3.47. The Hall–Kier alpha value is -3.53. The minimum atomic E-state index is -0.258. The zero-order valence-corrected chi connectivity index (χ0v) is 16.0. The van der Waals surface area contributed by atoms with Crippen LogP contribution < -0.4 is 20.7 Å². The van der Waals surface area contributed by atoms with E-state index in [4.69, 9.17) is 4.74 Å². The maximum absolute atomic E-state index is 12.4. The van der Waals surface area contributed by atoms with Crippen molar-refractivity contribution in [1.29, 1.82) is 0 Å². The van der Waals surface area contributed by atoms with Crippen molar-refractivity contribution < 1.29 is 14.3 Å². The van der Waals surface area contributed by atoms with Gasteiger partial charge in [0.2, 0.25) is 17.8 Å². The lowest BCUT2D eigenvalue weighted by Gasteiger charge is -2.12. The van der Waals surface area contributed by atoms with Crippen LogP contribution in [-0.2, 0) is 16.0 Å². The number of nitrogens with zero attached hydrogens (tertiary/aromatic N) is 3. The van der Waals surface area contributed by atoms with Crippen LogP contribution in [-0.4, -0.2) is 33.9 Å². The van der Waals surface area contributed by atoms with E-state index in [0.717, 1.165) is 0 Å². The summed E-state index contributed by atoms with van der Waals surface area (Å²) in [5, 5.41) is 10.8. The van der Waals surface area contributed by atoms with Crippen molar-refractivity contribution in [2.24, 2.45) is 0 Å². The number of carbonyl (C=O) groups excluding carboxylic acids is 2. The van der Waals surface area contributed by atoms with Crippen LogP contribution >= 0.6 is 11.3 Å². The van der Waals surface area contributed by atoms with Crippen LogP contribution in [0.25, 0.3) is 0 Å². The summed E-state index contributed by atoms with van der Waals surface area (Å²) in [5.41, 5.74) is 1.63. The molecule has 0 unspecified atom stereocenters. The number of amides is 2. The maximum atomic E-state index is 12.4. The number of nitrogens with one attached hydrogen (secondary N) is 3. The number of anilines is 4. The van der Waals surface area contributed by atoms with Gasteiger partial charge in [-0.25, -0.2) is 15.0 Å². The number of aromatic nitrogens is 3. The van der Waals surface area contributed by atoms with Gasteiger partial charge in [0, 0.05) is 30.4 Å². The Labute approximate surface area is 165 Å². The molecule has 2 heterocycles. The molecule has 28 heavy (non-hydrogen) atoms. The first-order valence-corrected chi connectivity index (χ1v) is 9.15. The lowest BCUT2D eigenvalue weighted by atomic mass is 10.2. The van der Waals surface area contributed by atoms with Crippen LogP contribution in [0.2, 0.25) is 0 Å². The summed E-state index contributed by atoms with van der Waals surface area (Å²) in [6.07, 6.45) is 3.33. The van der Waals surface area contributed by atoms with Crippen molar-refractivity contribution >= 4 is 45.6 Å². The Balaban J connectivity index is 1.65. The summed E-state index contributed by atoms with van der Waals surface area (Å²) in [5.74, 6) is 0.468. The molecule has 0 saturated heterocycles. The molecule has 0 saturated carbocycles. The first-order chi connectivity index (χ1) is 13.5. The largest absolute Gasteiger partial charge is 0.495 e. The van der Waals surface area contributed by atoms with Crippen molar-refractivity contribution in [2.45, 2.75) is 13.3 Å². The number of thiazole rings is 1. The van der Waals surface area contributed by atoms with Gasteiger partial charge in [-0.15, -0.1) is 11.3 Å². The molecule has 0 radical (unpaired) electrons. The van der Waals surface area contributed by atoms with E-state index in [1.54, 1.807) is 42.0 Å². The highest BCUT2D eigenvalue weighted by molar-refractivity contribution is 7.13. The Morgan fingerprint density at radius 2 is 1.96 bits per heavy atom. The van der Waals surface area contributed by atoms with Gasteiger partial charge in [0.15, 0.2) is 5.13 Å². The molecule has 3 N–H and O–H groups in total. The molecule has 0 aliphatic heterocycles. The lowest BCUT2D eigenvalue weighted by Crippen LogP contribution is -2.16. The third-order valence-corrected chi connectivity index (χ3v) is 4.28. The highest BCUT2D eigenvalue weighted by Crippen LogP contribution is 2.28. The molecule has 0 atom stereocenters. The van der Waals surface area contributed by atoms with Crippen LogP contribution in [0.3, 0.4) is 0 Å². The topological polar surface area (TPSA) is 118 Å². The van der Waals surface area contributed by atoms with Crippen LogP contribution in [0, 0.1) is 0 Å². The summed E-state index contributed by atoms with van der Waals surface area (Å²) >= 11 is 1.36. The van der Waals surface area contributed by atoms with Gasteiger partial charge in [-0.05, 0) is 24.3 Å². The Morgan fingerprint density at radius 1 is 1.18 bits per heavy atom. The molecule has 10 heteroatoms. The summed E-state index contributed by atoms with van der Waals surface area (Å²) < 4.78 is 5.26. The van der Waals surface area contributed by atoms with Gasteiger partial charge in [0.05, 0.1) is 24.9 Å². The van der Waals surface area contributed by atoms with Gasteiger partial charge >= 0.3 is 0 Å². The minimum absolute atomic E-state index is 0.0847. The second-order valence-electron chi connectivity index (χ2n) is 5.66. The van der Waals surface area contributed by atoms with E-state index < -0.39 is 0 Å². The van der Waals surface area contributed by atoms with Crippen molar-refractivity contribution in [2.75, 3.05) is 23.1 Å². The van der Waals surface area contributed by atoms with E-state index in [0.29, 0.717) is 33.9 Å². The maximum Gasteiger partial charge on any atom is 0.230 e. The van der Waals surface area contributed by atoms with Gasteiger partial charge in [-0.1, -0.05) is 0 Å². The van der Waals surface area contributed by atoms with E-state index in [2.05, 4.69) is 30.9 Å². The molecule has 2 amide bonds. The molecule has 0 bridgehead atoms. The zero-order valence-electron chi connectivity index (χ0n) is 15.2. The van der Waals surface area contributed by atoms with Crippen LogP contribution in [0.15, 0.2) is 42.0 Å². The lowest BCUT2D eigenvalue weighted by molar-refractivity contribution is -0.116. The van der Waals surface area contributed by atoms with Crippen molar-refractivity contribution in [3.05, 3.63) is 47.7 Å². The van der Waals surface area contributed by atoms with Gasteiger partial charge in [0.25, 0.3) is 0 Å². The fraction of sp³-hybridized carbons (Fsp3) is 0.167. The number of ether oxygens (including phenoxy) is 1. The monoisotopic (exact) mass is 398 g/mol. The number of carbonyl (C=O) groups is 2. The summed E-state index contributed by atoms with van der Waals surface area (Å²) in [6, 6.07) is 6.72. The molecule has 3 rings (SSSR count). The fourth-order valence-electron chi connectivity index (χ4n) is 2.35. The summed E-state index contributed by atoms with van der Waals surface area (Å²) in [6.45, 7) is 1.41. The van der Waals surface area contributed by atoms with E-state index in [9.17, 15) is 9.59 Å². The first-order valence-electron chi connectivity index (χ1n) is 8.27. The predicted molar refractivity (Wildman–Crippen MR) is 107 cm³/mol. The minimum Gasteiger partial charge on any atom is -0.495 e. The van der Waals surface area contributed by atoms with Gasteiger partial charge in [0.1, 0.15) is 5.75 Å². The van der Waals surface area contributed by atoms with Crippen LogP contribution in [0.5, 0.6) is 5.75 Å². The molecule has 0 aliphatic carbocycles. The fourth-order valence-corrected chi connectivity index (χ4v) is 3.05. The molecule has 1 aromatic carbocycles. The van der Waals surface area contributed by atoms with E-state index >= 15 is 0 Å². The standard InChI is InChI=1S/C18H18N6O3S/c1-11(25)21-12-4-5-15(27-2)14(8-12)23-16(26)9-13-10-28-18(22-13)24-17-19-6-3-7-20-17/h3-8,10H,9H2,1-2H3,(H,21,25)(H,23,26)(H,19,20,22,24). The molecular weight excluding hydrogens is 380 g/mol. The van der Waals surface area contributed by atoms with Crippen molar-refractivity contribution in [1.82, 2.24) is 15.0 Å². The zero-order chi connectivity index (χ0) is 19.9. The Kier molecular flexibility index (Phi) is 6.12. The first kappa shape index (κ1) is 19.2. The number of benzene rings is 1. The van der Waals surface area contributed by atoms with E-state index in [-0.39, 0.29) is 18.2 Å². The number of rotatable bonds is 7. The average Bonchev–Trinajstić information content (AvgIpc) is 3.09. The highest BCUT2D eigenvalue weighted by atomic mass is 32.1. The molecule has 0 fully saturated rings. The smallest absolute Gasteiger partial charge is 0.230 e. The Morgan fingerprint density at radius 3 is 2.68 bits per heavy atom. The highest BCUT2D eigenvalue weighted by Gasteiger charge is 2.12. The molecule has 144 valence electrons. The SMILES string of the molecule is COc1ccc(NC(C)=O)cc1NC(=O)Cc1csc(Nc2ncccn2)n1. The number of hydrogen-bond acceptors (Lipinski definition) is 8. The normalized spacial score (nSPS) is 10.2. The van der Waals surface area contributed by atoms with Crippen molar-refractivity contribution in [3.8, 4) is 5.75 Å². The molecular formula is C18H18N6O3S.